The molecule has 2 aromatic rings. The summed E-state index contributed by atoms with van der Waals surface area (Å²) < 4.78 is 0. The Morgan fingerprint density at radius 3 is 2.57 bits per heavy atom. The van der Waals surface area contributed by atoms with Crippen molar-refractivity contribution in [3.8, 4) is 0 Å². The average molecular weight is 423 g/mol. The molecule has 0 saturated heterocycles. The quantitative estimate of drug-likeness (QED) is 0.323. The Morgan fingerprint density at radius 2 is 2.00 bits per heavy atom. The van der Waals surface area contributed by atoms with Crippen molar-refractivity contribution in [3.63, 3.8) is 0 Å². The number of carbonyl (C=O) groups is 1. The monoisotopic (exact) mass is 422 g/mol. The fraction of sp³-hybridized carbons (Fsp3) is 0.176. The molecule has 2 atom stereocenters. The van der Waals surface area contributed by atoms with Crippen LogP contribution < -0.4 is 10.3 Å². The third kappa shape index (κ3) is 3.77. The highest BCUT2D eigenvalue weighted by Gasteiger charge is 2.39. The molecule has 2 N–H and O–H groups in total. The van der Waals surface area contributed by atoms with Gasteiger partial charge in [0.15, 0.2) is 6.04 Å². The number of hydrogen-bond donors (Lipinski definition) is 2. The highest BCUT2D eigenvalue weighted by atomic mass is 35.5. The van der Waals surface area contributed by atoms with Gasteiger partial charge < -0.3 is 10.4 Å². The summed E-state index contributed by atoms with van der Waals surface area (Å²) in [6.45, 7) is 0. The Morgan fingerprint density at radius 1 is 1.32 bits per heavy atom. The maximum atomic E-state index is 11.7. The maximum absolute atomic E-state index is 11.7. The minimum Gasteiger partial charge on any atom is -0.480 e. The summed E-state index contributed by atoms with van der Waals surface area (Å²) in [7, 11) is 0. The van der Waals surface area contributed by atoms with Crippen molar-refractivity contribution in [2.45, 2.75) is 18.5 Å². The molecule has 0 radical (unpaired) electrons. The van der Waals surface area contributed by atoms with Crippen LogP contribution in [0.4, 0.5) is 17.1 Å². The van der Waals surface area contributed by atoms with Gasteiger partial charge in [0.25, 0.3) is 11.8 Å². The molecule has 11 heteroatoms. The lowest BCUT2D eigenvalue weighted by Crippen LogP contribution is -2.44. The molecular formula is C17H12Cl2N4O5. The molecule has 0 bridgehead atoms. The lowest BCUT2D eigenvalue weighted by molar-refractivity contribution is -0.384. The van der Waals surface area contributed by atoms with Crippen LogP contribution in [0.5, 0.6) is 0 Å². The van der Waals surface area contributed by atoms with Gasteiger partial charge in [-0.1, -0.05) is 28.3 Å². The molecular weight excluding hydrogens is 411 g/mol. The summed E-state index contributed by atoms with van der Waals surface area (Å²) in [6, 6.07) is 6.89. The van der Waals surface area contributed by atoms with Crippen LogP contribution in [-0.2, 0) is 9.59 Å². The van der Waals surface area contributed by atoms with Gasteiger partial charge in [-0.3, -0.25) is 10.1 Å². The number of carboxylic acids is 1. The summed E-state index contributed by atoms with van der Waals surface area (Å²) in [5.41, 5.74) is 1.22. The molecule has 1 heterocycles. The van der Waals surface area contributed by atoms with Gasteiger partial charge in [-0.05, 0) is 24.3 Å². The van der Waals surface area contributed by atoms with Crippen molar-refractivity contribution >= 4 is 52.3 Å². The van der Waals surface area contributed by atoms with Crippen molar-refractivity contribution in [3.05, 3.63) is 62.1 Å². The molecule has 0 amide bonds. The number of fused-ring (bicyclic) bond motifs is 1. The molecule has 1 aliphatic heterocycles. The normalized spacial score (nSPS) is 18.0. The van der Waals surface area contributed by atoms with Gasteiger partial charge in [0.05, 0.1) is 16.7 Å². The molecule has 28 heavy (non-hydrogen) atoms. The number of carboxylic acid groups (broad SMARTS) is 1. The number of rotatable bonds is 5. The van der Waals surface area contributed by atoms with Crippen LogP contribution in [0.25, 0.3) is 0 Å². The number of nitrogens with one attached hydrogen (secondary N) is 1. The lowest BCUT2D eigenvalue weighted by Gasteiger charge is -2.37. The van der Waals surface area contributed by atoms with E-state index in [0.717, 1.165) is 5.01 Å². The van der Waals surface area contributed by atoms with Crippen molar-refractivity contribution in [2.75, 3.05) is 10.3 Å². The first kappa shape index (κ1) is 19.6. The van der Waals surface area contributed by atoms with Crippen molar-refractivity contribution < 1.29 is 19.6 Å². The Bertz CT molecular complexity index is 992. The van der Waals surface area contributed by atoms with E-state index in [1.807, 2.05) is 0 Å². The fourth-order valence-electron chi connectivity index (χ4n) is 3.10. The summed E-state index contributed by atoms with van der Waals surface area (Å²) in [4.78, 5) is 32.8. The molecule has 0 fully saturated rings. The SMILES string of the molecule is O=C=NN1c2cc(Cl)cc(Cl)c2[C@@H](Nc2ccc([N+](=O)[O-])cc2)C[C@@H]1C(=O)O. The fourth-order valence-corrected chi connectivity index (χ4v) is 3.71. The predicted octanol–water partition coefficient (Wildman–Crippen LogP) is 3.97. The number of hydrazone groups is 1. The minimum absolute atomic E-state index is 0.0197. The van der Waals surface area contributed by atoms with Gasteiger partial charge in [0, 0.05) is 39.8 Å². The highest BCUT2D eigenvalue weighted by Crippen LogP contribution is 2.44. The van der Waals surface area contributed by atoms with Gasteiger partial charge in [0.2, 0.25) is 0 Å². The van der Waals surface area contributed by atoms with Crippen LogP contribution in [0.3, 0.4) is 0 Å². The second kappa shape index (κ2) is 7.85. The number of nitrogens with zero attached hydrogens (tertiary/aromatic N) is 3. The highest BCUT2D eigenvalue weighted by molar-refractivity contribution is 6.35. The van der Waals surface area contributed by atoms with E-state index in [2.05, 4.69) is 10.4 Å². The van der Waals surface area contributed by atoms with Gasteiger partial charge in [-0.25, -0.2) is 14.6 Å². The first-order valence-electron chi connectivity index (χ1n) is 7.91. The second-order valence-corrected chi connectivity index (χ2v) is 6.79. The first-order chi connectivity index (χ1) is 13.3. The number of aliphatic carboxylic acids is 1. The zero-order valence-corrected chi connectivity index (χ0v) is 15.5. The van der Waals surface area contributed by atoms with E-state index in [4.69, 9.17) is 23.2 Å². The Kier molecular flexibility index (Phi) is 5.51. The number of isocyanates is 1. The molecule has 0 saturated carbocycles. The van der Waals surface area contributed by atoms with Crippen LogP contribution in [0, 0.1) is 10.1 Å². The number of hydrogen-bond acceptors (Lipinski definition) is 7. The maximum Gasteiger partial charge on any atom is 0.328 e. The topological polar surface area (TPSA) is 125 Å². The third-order valence-electron chi connectivity index (χ3n) is 4.27. The molecule has 0 aliphatic carbocycles. The Hall–Kier alpha value is -3.13. The van der Waals surface area contributed by atoms with E-state index in [1.165, 1.54) is 42.5 Å². The van der Waals surface area contributed by atoms with E-state index in [1.54, 1.807) is 0 Å². The van der Waals surface area contributed by atoms with Crippen molar-refractivity contribution in [2.24, 2.45) is 5.10 Å². The zero-order valence-electron chi connectivity index (χ0n) is 14.0. The van der Waals surface area contributed by atoms with Crippen molar-refractivity contribution in [1.82, 2.24) is 0 Å². The summed E-state index contributed by atoms with van der Waals surface area (Å²) in [5.74, 6) is -1.20. The van der Waals surface area contributed by atoms with Crippen LogP contribution >= 0.6 is 23.2 Å². The van der Waals surface area contributed by atoms with Gasteiger partial charge >= 0.3 is 5.97 Å². The molecule has 3 rings (SSSR count). The van der Waals surface area contributed by atoms with Gasteiger partial charge in [0.1, 0.15) is 0 Å². The number of carbonyl (C=O) groups excluding carboxylic acids is 1. The second-order valence-electron chi connectivity index (χ2n) is 5.95. The summed E-state index contributed by atoms with van der Waals surface area (Å²) in [5, 5.41) is 28.6. The number of halogens is 2. The largest absolute Gasteiger partial charge is 0.480 e. The Labute approximate surface area is 168 Å². The molecule has 9 nitrogen and oxygen atoms in total. The van der Waals surface area contributed by atoms with Gasteiger partial charge in [-0.15, -0.1) is 0 Å². The van der Waals surface area contributed by atoms with Gasteiger partial charge in [-0.2, -0.15) is 0 Å². The Balaban J connectivity index is 2.06. The number of non-ortho nitro benzene ring substituents is 1. The molecule has 0 spiro atoms. The molecule has 144 valence electrons. The smallest absolute Gasteiger partial charge is 0.328 e. The zero-order chi connectivity index (χ0) is 20.4. The van der Waals surface area contributed by atoms with E-state index < -0.39 is 23.0 Å². The number of nitro benzene ring substituents is 1. The first-order valence-corrected chi connectivity index (χ1v) is 8.67. The molecule has 1 aliphatic rings. The molecule has 0 aromatic heterocycles. The third-order valence-corrected chi connectivity index (χ3v) is 4.81. The van der Waals surface area contributed by atoms with E-state index >= 15 is 0 Å². The van der Waals surface area contributed by atoms with Crippen LogP contribution in [0.1, 0.15) is 18.0 Å². The average Bonchev–Trinajstić information content (AvgIpc) is 2.63. The number of benzene rings is 2. The van der Waals surface area contributed by atoms with Crippen molar-refractivity contribution in [1.29, 1.82) is 0 Å². The van der Waals surface area contributed by atoms with E-state index in [0.29, 0.717) is 11.3 Å². The number of nitro groups is 1. The molecule has 0 unspecified atom stereocenters. The number of anilines is 2. The lowest BCUT2D eigenvalue weighted by atomic mass is 9.91. The minimum atomic E-state index is -1.20. The predicted molar refractivity (Wildman–Crippen MR) is 103 cm³/mol. The van der Waals surface area contributed by atoms with E-state index in [9.17, 15) is 24.8 Å². The summed E-state index contributed by atoms with van der Waals surface area (Å²) in [6.07, 6.45) is 1.37. The molecule has 2 aromatic carbocycles. The van der Waals surface area contributed by atoms with Crippen LogP contribution in [0.15, 0.2) is 41.5 Å². The van der Waals surface area contributed by atoms with E-state index in [-0.39, 0.29) is 27.8 Å². The van der Waals surface area contributed by atoms with Crippen LogP contribution in [-0.4, -0.2) is 28.1 Å². The summed E-state index contributed by atoms with van der Waals surface area (Å²) >= 11 is 12.4. The standard InChI is InChI=1S/C17H12Cl2N4O5/c18-9-5-12(19)16-13(21-10-1-3-11(4-2-10)23(27)28)7-15(17(25)26)22(20-8-24)14(16)6-9/h1-6,13,15,21H,7H2,(H,25,26)/t13-,15+/m0/s1. The van der Waals surface area contributed by atoms with Crippen LogP contribution in [0.2, 0.25) is 10.0 Å².